The van der Waals surface area contributed by atoms with Crippen LogP contribution in [0.15, 0.2) is 120 Å². The van der Waals surface area contributed by atoms with Gasteiger partial charge in [-0.05, 0) is 55.3 Å². The van der Waals surface area contributed by atoms with Gasteiger partial charge in [-0.2, -0.15) is 0 Å². The first-order valence-corrected chi connectivity index (χ1v) is 14.6. The van der Waals surface area contributed by atoms with Crippen molar-refractivity contribution in [2.24, 2.45) is 7.05 Å². The highest BCUT2D eigenvalue weighted by molar-refractivity contribution is 6.11. The number of aliphatic hydroxyl groups excluding tert-OH is 1. The first kappa shape index (κ1) is 28.1. The number of aromatic nitrogens is 2. The van der Waals surface area contributed by atoms with Gasteiger partial charge >= 0.3 is 0 Å². The monoisotopic (exact) mass is 564 g/mol. The Bertz CT molecular complexity index is 2230. The molecule has 0 aliphatic heterocycles. The van der Waals surface area contributed by atoms with Crippen molar-refractivity contribution in [3.63, 3.8) is 0 Å². The van der Waals surface area contributed by atoms with Crippen LogP contribution in [0.5, 0.6) is 0 Å². The summed E-state index contributed by atoms with van der Waals surface area (Å²) >= 11 is 0. The predicted octanol–water partition coefficient (Wildman–Crippen LogP) is 9.94. The number of aromatic amines is 1. The number of para-hydroxylation sites is 4. The number of aryl methyl sites for hydroxylation is 2. The largest absolute Gasteiger partial charge is 0.456 e. The molecule has 0 aliphatic carbocycles. The van der Waals surface area contributed by atoms with Crippen molar-refractivity contribution in [1.29, 1.82) is 0 Å². The number of aliphatic hydroxyl groups is 1. The molecule has 0 spiro atoms. The molecule has 4 nitrogen and oxygen atoms in total. The summed E-state index contributed by atoms with van der Waals surface area (Å²) < 4.78 is 7.96. The highest BCUT2D eigenvalue weighted by Crippen LogP contribution is 2.34. The Hall–Kier alpha value is -5.06. The minimum absolute atomic E-state index is 0.912. The zero-order valence-electron chi connectivity index (χ0n) is 25.1. The summed E-state index contributed by atoms with van der Waals surface area (Å²) in [6, 6.07) is 38.7. The van der Waals surface area contributed by atoms with E-state index in [0.29, 0.717) is 0 Å². The van der Waals surface area contributed by atoms with E-state index >= 15 is 0 Å². The lowest BCUT2D eigenvalue weighted by Crippen LogP contribution is -1.92. The first-order chi connectivity index (χ1) is 21.1. The smallest absolute Gasteiger partial charge is 0.135 e. The van der Waals surface area contributed by atoms with Crippen LogP contribution < -0.4 is 0 Å². The van der Waals surface area contributed by atoms with Crippen LogP contribution in [0.1, 0.15) is 29.4 Å². The normalized spacial score (nSPS) is 11.4. The van der Waals surface area contributed by atoms with E-state index in [1.54, 1.807) is 0 Å². The molecule has 0 saturated carbocycles. The van der Waals surface area contributed by atoms with E-state index in [-0.39, 0.29) is 0 Å². The second-order valence-corrected chi connectivity index (χ2v) is 10.7. The maximum atomic E-state index is 7.00. The van der Waals surface area contributed by atoms with Gasteiger partial charge in [0.1, 0.15) is 11.3 Å². The predicted molar refractivity (Wildman–Crippen MR) is 183 cm³/mol. The minimum Gasteiger partial charge on any atom is -0.456 e. The molecule has 4 heteroatoms. The number of hydrogen-bond acceptors (Lipinski definition) is 2. The van der Waals surface area contributed by atoms with Crippen LogP contribution in [-0.4, -0.2) is 21.8 Å². The molecule has 43 heavy (non-hydrogen) atoms. The molecule has 8 rings (SSSR count). The van der Waals surface area contributed by atoms with Crippen LogP contribution in [0.25, 0.3) is 60.7 Å². The molecular weight excluding hydrogens is 528 g/mol. The van der Waals surface area contributed by atoms with E-state index in [1.807, 2.05) is 37.3 Å². The molecule has 3 heterocycles. The average Bonchev–Trinajstić information content (AvgIpc) is 3.69. The third-order valence-corrected chi connectivity index (χ3v) is 8.23. The van der Waals surface area contributed by atoms with E-state index in [1.165, 1.54) is 65.7 Å². The lowest BCUT2D eigenvalue weighted by Gasteiger charge is -2.07. The summed E-state index contributed by atoms with van der Waals surface area (Å²) in [5.41, 5.74) is 9.93. The molecule has 8 aromatic rings. The Morgan fingerprint density at radius 3 is 2.12 bits per heavy atom. The first-order valence-electron chi connectivity index (χ1n) is 14.6. The Kier molecular flexibility index (Phi) is 7.86. The number of fused-ring (bicyclic) bond motifs is 7. The van der Waals surface area contributed by atoms with Crippen LogP contribution in [-0.2, 0) is 13.5 Å². The van der Waals surface area contributed by atoms with Crippen LogP contribution >= 0.6 is 0 Å². The molecule has 0 atom stereocenters. The van der Waals surface area contributed by atoms with E-state index in [2.05, 4.69) is 115 Å². The lowest BCUT2D eigenvalue weighted by molar-refractivity contribution is 0.399. The topological polar surface area (TPSA) is 54.1 Å². The fourth-order valence-corrected chi connectivity index (χ4v) is 6.22. The third kappa shape index (κ3) is 5.00. The Balaban J connectivity index is 0.000000185. The second kappa shape index (κ2) is 12.0. The Morgan fingerprint density at radius 2 is 1.33 bits per heavy atom. The number of benzene rings is 5. The molecular formula is C39H36N2O2. The van der Waals surface area contributed by atoms with Gasteiger partial charge in [0.15, 0.2) is 0 Å². The molecule has 0 bridgehead atoms. The fraction of sp³-hybridized carbons (Fsp3) is 0.128. The molecule has 0 radical (unpaired) electrons. The van der Waals surface area contributed by atoms with Crippen molar-refractivity contribution >= 4 is 60.7 Å². The summed E-state index contributed by atoms with van der Waals surface area (Å²) in [4.78, 5) is 3.65. The van der Waals surface area contributed by atoms with Gasteiger partial charge < -0.3 is 19.1 Å². The Morgan fingerprint density at radius 1 is 0.698 bits per heavy atom. The summed E-state index contributed by atoms with van der Waals surface area (Å²) in [6.45, 7) is 4.08. The van der Waals surface area contributed by atoms with E-state index in [9.17, 15) is 0 Å². The van der Waals surface area contributed by atoms with Crippen molar-refractivity contribution in [2.45, 2.75) is 20.3 Å². The second-order valence-electron chi connectivity index (χ2n) is 10.7. The maximum absolute atomic E-state index is 7.00. The number of furan rings is 1. The van der Waals surface area contributed by atoms with Crippen molar-refractivity contribution in [3.8, 4) is 0 Å². The van der Waals surface area contributed by atoms with Crippen LogP contribution in [0.4, 0.5) is 0 Å². The number of allylic oxidation sites excluding steroid dienone is 1. The van der Waals surface area contributed by atoms with Gasteiger partial charge in [0.2, 0.25) is 0 Å². The van der Waals surface area contributed by atoms with Gasteiger partial charge in [0.05, 0.1) is 5.52 Å². The number of rotatable bonds is 3. The molecule has 0 aliphatic rings. The summed E-state index contributed by atoms with van der Waals surface area (Å²) in [5.74, 6) is 0.962. The van der Waals surface area contributed by atoms with Crippen molar-refractivity contribution in [3.05, 3.63) is 138 Å². The summed E-state index contributed by atoms with van der Waals surface area (Å²) in [6.07, 6.45) is 4.90. The van der Waals surface area contributed by atoms with Gasteiger partial charge in [-0.1, -0.05) is 91.0 Å². The van der Waals surface area contributed by atoms with Crippen LogP contribution in [0.2, 0.25) is 0 Å². The molecule has 5 aromatic carbocycles. The zero-order chi connectivity index (χ0) is 29.9. The lowest BCUT2D eigenvalue weighted by atomic mass is 9.98. The van der Waals surface area contributed by atoms with Crippen molar-refractivity contribution in [2.75, 3.05) is 7.11 Å². The molecule has 214 valence electrons. The van der Waals surface area contributed by atoms with Gasteiger partial charge in [-0.15, -0.1) is 0 Å². The van der Waals surface area contributed by atoms with E-state index in [0.717, 1.165) is 24.9 Å². The Labute approximate surface area is 251 Å². The molecule has 2 N–H and O–H groups in total. The van der Waals surface area contributed by atoms with Crippen molar-refractivity contribution in [1.82, 2.24) is 9.55 Å². The molecule has 0 saturated heterocycles. The van der Waals surface area contributed by atoms with E-state index < -0.39 is 0 Å². The quantitative estimate of drug-likeness (QED) is 0.224. The fourth-order valence-electron chi connectivity index (χ4n) is 6.22. The van der Waals surface area contributed by atoms with Gasteiger partial charge in [0, 0.05) is 69.6 Å². The number of H-pyrrole nitrogens is 1. The standard InChI is InChI=1S/C26H20N2.C12H12O.CH4O/c1-28-23-14-5-3-11-21(23)25-17(8-7-15-24(25)28)16-18-9-6-12-20-19-10-2-4-13-22(19)27-26(18)20;1-3-6-11-9(2)10-7-4-5-8-12(10)13-11;1-2/h2-15,27H,16H2,1H3;3-8H,1-2H3;2H,1H3/b;6-3-;. The number of nitrogens with zero attached hydrogens (tertiary/aromatic N) is 1. The van der Waals surface area contributed by atoms with Gasteiger partial charge in [-0.3, -0.25) is 0 Å². The van der Waals surface area contributed by atoms with Crippen molar-refractivity contribution < 1.29 is 9.52 Å². The molecule has 0 amide bonds. The maximum Gasteiger partial charge on any atom is 0.135 e. The van der Waals surface area contributed by atoms with Crippen LogP contribution in [0.3, 0.4) is 0 Å². The molecule has 3 aromatic heterocycles. The minimum atomic E-state index is 0.912. The highest BCUT2D eigenvalue weighted by atomic mass is 16.3. The molecule has 0 unspecified atom stereocenters. The van der Waals surface area contributed by atoms with Gasteiger partial charge in [0.25, 0.3) is 0 Å². The van der Waals surface area contributed by atoms with Crippen LogP contribution in [0, 0.1) is 6.92 Å². The van der Waals surface area contributed by atoms with Gasteiger partial charge in [-0.25, -0.2) is 0 Å². The summed E-state index contributed by atoms with van der Waals surface area (Å²) in [7, 11) is 3.16. The number of hydrogen-bond donors (Lipinski definition) is 2. The number of nitrogens with one attached hydrogen (secondary N) is 1. The molecule has 0 fully saturated rings. The average molecular weight is 565 g/mol. The third-order valence-electron chi connectivity index (χ3n) is 8.23. The van der Waals surface area contributed by atoms with E-state index in [4.69, 9.17) is 9.52 Å². The highest BCUT2D eigenvalue weighted by Gasteiger charge is 2.14. The summed E-state index contributed by atoms with van der Waals surface area (Å²) in [5, 5.41) is 13.5. The zero-order valence-corrected chi connectivity index (χ0v) is 25.1. The SMILES string of the molecule is C/C=C\c1oc2ccccc2c1C.CO.Cn1c2ccccc2c2c(Cc3cccc4c3[nH]c3ccccc34)cccc21.